The van der Waals surface area contributed by atoms with E-state index in [1.54, 1.807) is 0 Å². The Bertz CT molecular complexity index is 155. The van der Waals surface area contributed by atoms with Crippen molar-refractivity contribution in [2.45, 2.75) is 18.9 Å². The topological polar surface area (TPSA) is 35.5 Å². The summed E-state index contributed by atoms with van der Waals surface area (Å²) in [6, 6.07) is 0. The lowest BCUT2D eigenvalue weighted by molar-refractivity contribution is -0.169. The third-order valence-corrected chi connectivity index (χ3v) is 2.17. The summed E-state index contributed by atoms with van der Waals surface area (Å²) in [5.41, 5.74) is 0. The minimum atomic E-state index is -0.131. The molecule has 2 atom stereocenters. The number of ether oxygens (including phenoxy) is 2. The second-order valence-electron chi connectivity index (χ2n) is 2.84. The summed E-state index contributed by atoms with van der Waals surface area (Å²) < 4.78 is 10.2. The summed E-state index contributed by atoms with van der Waals surface area (Å²) in [6.45, 7) is 1.00. The highest BCUT2D eigenvalue weighted by molar-refractivity contribution is 5.85. The molecule has 0 N–H and O–H groups in total. The molecule has 0 aromatic heterocycles. The highest BCUT2D eigenvalue weighted by Crippen LogP contribution is 2.28. The van der Waals surface area contributed by atoms with E-state index in [2.05, 4.69) is 0 Å². The smallest absolute Gasteiger partial charge is 0.162 e. The Balaban J connectivity index is 2.08. The van der Waals surface area contributed by atoms with Crippen LogP contribution < -0.4 is 0 Å². The van der Waals surface area contributed by atoms with Gasteiger partial charge < -0.3 is 9.47 Å². The van der Waals surface area contributed by atoms with Crippen LogP contribution in [0.5, 0.6) is 0 Å². The van der Waals surface area contributed by atoms with Crippen LogP contribution in [-0.2, 0) is 14.3 Å². The molecule has 1 aliphatic carbocycles. The monoisotopic (exact) mass is 142 g/mol. The van der Waals surface area contributed by atoms with Crippen molar-refractivity contribution in [1.29, 1.82) is 0 Å². The molecule has 56 valence electrons. The lowest BCUT2D eigenvalue weighted by Crippen LogP contribution is -2.34. The van der Waals surface area contributed by atoms with Crippen molar-refractivity contribution in [3.63, 3.8) is 0 Å². The number of fused-ring (bicyclic) bond motifs is 1. The van der Waals surface area contributed by atoms with E-state index < -0.39 is 0 Å². The maximum absolute atomic E-state index is 11.0. The lowest BCUT2D eigenvalue weighted by Gasteiger charge is -2.24. The van der Waals surface area contributed by atoms with E-state index in [-0.39, 0.29) is 11.9 Å². The van der Waals surface area contributed by atoms with Gasteiger partial charge in [-0.25, -0.2) is 0 Å². The minimum absolute atomic E-state index is 0.131. The van der Waals surface area contributed by atoms with Gasteiger partial charge in [-0.3, -0.25) is 4.79 Å². The largest absolute Gasteiger partial charge is 0.355 e. The number of carbonyl (C=O) groups is 1. The van der Waals surface area contributed by atoms with Crippen molar-refractivity contribution in [1.82, 2.24) is 0 Å². The molecule has 1 saturated carbocycles. The van der Waals surface area contributed by atoms with Crippen LogP contribution in [0.1, 0.15) is 12.8 Å². The first-order valence-corrected chi connectivity index (χ1v) is 3.60. The number of Topliss-reactive ketones (excluding diaryl/α,β-unsaturated/α-hetero) is 1. The van der Waals surface area contributed by atoms with Gasteiger partial charge in [-0.1, -0.05) is 0 Å². The molecule has 10 heavy (non-hydrogen) atoms. The first kappa shape index (κ1) is 6.31. The third kappa shape index (κ3) is 0.859. The fourth-order valence-corrected chi connectivity index (χ4v) is 1.60. The molecule has 1 saturated heterocycles. The van der Waals surface area contributed by atoms with Gasteiger partial charge in [-0.05, 0) is 6.42 Å². The zero-order valence-electron chi connectivity index (χ0n) is 5.71. The van der Waals surface area contributed by atoms with Gasteiger partial charge in [0, 0.05) is 12.3 Å². The quantitative estimate of drug-likeness (QED) is 0.489. The number of rotatable bonds is 0. The highest BCUT2D eigenvalue weighted by atomic mass is 16.7. The summed E-state index contributed by atoms with van der Waals surface area (Å²) in [7, 11) is 0. The van der Waals surface area contributed by atoms with Crippen LogP contribution in [0.4, 0.5) is 0 Å². The van der Waals surface area contributed by atoms with E-state index in [9.17, 15) is 4.79 Å². The molecule has 2 fully saturated rings. The van der Waals surface area contributed by atoms with Crippen LogP contribution in [0.15, 0.2) is 0 Å². The lowest BCUT2D eigenvalue weighted by atomic mass is 10.1. The van der Waals surface area contributed by atoms with Gasteiger partial charge in [0.25, 0.3) is 0 Å². The maximum atomic E-state index is 11.0. The average molecular weight is 142 g/mol. The fourth-order valence-electron chi connectivity index (χ4n) is 1.60. The van der Waals surface area contributed by atoms with Crippen molar-refractivity contribution < 1.29 is 14.3 Å². The second-order valence-corrected chi connectivity index (χ2v) is 2.84. The molecule has 2 aliphatic rings. The fraction of sp³-hybridized carbons (Fsp3) is 0.857. The van der Waals surface area contributed by atoms with Crippen LogP contribution in [0.3, 0.4) is 0 Å². The number of ketones is 1. The molecule has 0 bridgehead atoms. The second kappa shape index (κ2) is 2.32. The minimum Gasteiger partial charge on any atom is -0.355 e. The molecule has 0 unspecified atom stereocenters. The molecule has 1 aliphatic heterocycles. The van der Waals surface area contributed by atoms with Crippen molar-refractivity contribution in [2.24, 2.45) is 5.92 Å². The van der Waals surface area contributed by atoms with Crippen LogP contribution >= 0.6 is 0 Å². The molecule has 0 spiro atoms. The predicted octanol–water partition coefficient (Wildman–Crippen LogP) is 0.338. The first-order chi connectivity index (χ1) is 4.88. The summed E-state index contributed by atoms with van der Waals surface area (Å²) in [4.78, 5) is 11.0. The molecule has 0 amide bonds. The van der Waals surface area contributed by atoms with Gasteiger partial charge >= 0.3 is 0 Å². The van der Waals surface area contributed by atoms with Gasteiger partial charge in [-0.15, -0.1) is 0 Å². The third-order valence-electron chi connectivity index (χ3n) is 2.17. The highest BCUT2D eigenvalue weighted by Gasteiger charge is 2.37. The zero-order chi connectivity index (χ0) is 6.97. The van der Waals surface area contributed by atoms with Crippen molar-refractivity contribution >= 4 is 5.78 Å². The Morgan fingerprint density at radius 3 is 3.20 bits per heavy atom. The molecule has 2 rings (SSSR count). The molecule has 3 heteroatoms. The summed E-state index contributed by atoms with van der Waals surface area (Å²) in [5, 5.41) is 0. The Kier molecular flexibility index (Phi) is 1.47. The van der Waals surface area contributed by atoms with E-state index in [0.29, 0.717) is 25.7 Å². The first-order valence-electron chi connectivity index (χ1n) is 3.60. The molecule has 0 radical (unpaired) electrons. The summed E-state index contributed by atoms with van der Waals surface area (Å²) in [6.07, 6.45) is 1.50. The van der Waals surface area contributed by atoms with Gasteiger partial charge in [0.2, 0.25) is 0 Å². The van der Waals surface area contributed by atoms with E-state index in [1.807, 2.05) is 0 Å². The van der Waals surface area contributed by atoms with Crippen LogP contribution in [0, 0.1) is 5.92 Å². The van der Waals surface area contributed by atoms with Gasteiger partial charge in [0.05, 0.1) is 6.61 Å². The Morgan fingerprint density at radius 1 is 1.50 bits per heavy atom. The van der Waals surface area contributed by atoms with E-state index in [4.69, 9.17) is 9.47 Å². The molecule has 0 aromatic carbocycles. The SMILES string of the molecule is O=C1CC[C@@H]2COCO[C@H]12. The Hall–Kier alpha value is -0.410. The number of carbonyl (C=O) groups excluding carboxylic acids is 1. The van der Waals surface area contributed by atoms with Crippen LogP contribution in [0.2, 0.25) is 0 Å². The number of hydrogen-bond donors (Lipinski definition) is 0. The molecule has 0 aromatic rings. The van der Waals surface area contributed by atoms with Crippen molar-refractivity contribution in [3.8, 4) is 0 Å². The zero-order valence-corrected chi connectivity index (χ0v) is 5.71. The number of hydrogen-bond acceptors (Lipinski definition) is 3. The average Bonchev–Trinajstić information content (AvgIpc) is 2.34. The van der Waals surface area contributed by atoms with Gasteiger partial charge in [0.15, 0.2) is 5.78 Å². The van der Waals surface area contributed by atoms with Crippen LogP contribution in [0.25, 0.3) is 0 Å². The molecule has 1 heterocycles. The van der Waals surface area contributed by atoms with Gasteiger partial charge in [-0.2, -0.15) is 0 Å². The Morgan fingerprint density at radius 2 is 2.40 bits per heavy atom. The van der Waals surface area contributed by atoms with Crippen molar-refractivity contribution in [2.75, 3.05) is 13.4 Å². The van der Waals surface area contributed by atoms with Crippen molar-refractivity contribution in [3.05, 3.63) is 0 Å². The van der Waals surface area contributed by atoms with E-state index in [1.165, 1.54) is 0 Å². The van der Waals surface area contributed by atoms with Crippen LogP contribution in [-0.4, -0.2) is 25.3 Å². The van der Waals surface area contributed by atoms with E-state index in [0.717, 1.165) is 6.42 Å². The standard InChI is InChI=1S/C7H10O3/c8-6-2-1-5-3-9-4-10-7(5)6/h5,7H,1-4H2/t5-,7+/m1/s1. The maximum Gasteiger partial charge on any atom is 0.162 e. The molecular weight excluding hydrogens is 132 g/mol. The Labute approximate surface area is 59.3 Å². The normalized spacial score (nSPS) is 39.8. The predicted molar refractivity (Wildman–Crippen MR) is 33.4 cm³/mol. The summed E-state index contributed by atoms with van der Waals surface area (Å²) >= 11 is 0. The van der Waals surface area contributed by atoms with Gasteiger partial charge in [0.1, 0.15) is 12.9 Å². The summed E-state index contributed by atoms with van der Waals surface area (Å²) in [5.74, 6) is 0.606. The molecular formula is C7H10O3. The van der Waals surface area contributed by atoms with E-state index >= 15 is 0 Å². The molecule has 3 nitrogen and oxygen atoms in total.